The number of hydrogen-bond acceptors (Lipinski definition) is 4. The Kier molecular flexibility index (Phi) is 6.21. The Morgan fingerprint density at radius 1 is 1.33 bits per heavy atom. The molecule has 0 bridgehead atoms. The smallest absolute Gasteiger partial charge is 0.241 e. The van der Waals surface area contributed by atoms with E-state index in [4.69, 9.17) is 4.74 Å². The highest BCUT2D eigenvalue weighted by molar-refractivity contribution is 7.12. The van der Waals surface area contributed by atoms with Crippen LogP contribution in [0.5, 0.6) is 0 Å². The molecule has 1 aliphatic heterocycles. The van der Waals surface area contributed by atoms with Gasteiger partial charge in [-0.1, -0.05) is 6.92 Å². The molecule has 0 aliphatic carbocycles. The zero-order valence-corrected chi connectivity index (χ0v) is 14.0. The predicted octanol–water partition coefficient (Wildman–Crippen LogP) is 3.08. The number of rotatable bonds is 8. The molecule has 1 aromatic heterocycles. The van der Waals surface area contributed by atoms with Gasteiger partial charge >= 0.3 is 0 Å². The zero-order valence-electron chi connectivity index (χ0n) is 13.2. The van der Waals surface area contributed by atoms with Gasteiger partial charge in [-0.3, -0.25) is 10.1 Å². The van der Waals surface area contributed by atoms with Crippen LogP contribution < -0.4 is 5.32 Å². The Bertz CT molecular complexity index is 461. The molecule has 118 valence electrons. The summed E-state index contributed by atoms with van der Waals surface area (Å²) in [7, 11) is 1.73. The van der Waals surface area contributed by atoms with Crippen molar-refractivity contribution in [3.63, 3.8) is 0 Å². The number of aryl methyl sites for hydroxylation is 1. The van der Waals surface area contributed by atoms with Crippen LogP contribution in [0.25, 0.3) is 0 Å². The summed E-state index contributed by atoms with van der Waals surface area (Å²) >= 11 is 1.77. The molecule has 2 heterocycles. The summed E-state index contributed by atoms with van der Waals surface area (Å²) in [6.45, 7) is 5.80. The molecule has 2 rings (SSSR count). The lowest BCUT2D eigenvalue weighted by Crippen LogP contribution is -2.31. The second-order valence-corrected chi connectivity index (χ2v) is 6.88. The van der Waals surface area contributed by atoms with Crippen LogP contribution in [0, 0.1) is 6.92 Å². The number of carbonyl (C=O) groups excluding carboxylic acids is 1. The maximum atomic E-state index is 12.5. The Hall–Kier alpha value is -0.910. The third kappa shape index (κ3) is 4.05. The van der Waals surface area contributed by atoms with E-state index in [9.17, 15) is 4.79 Å². The van der Waals surface area contributed by atoms with E-state index in [0.717, 1.165) is 38.8 Å². The molecule has 1 saturated heterocycles. The fourth-order valence-corrected chi connectivity index (χ4v) is 3.70. The third-order valence-electron chi connectivity index (χ3n) is 3.94. The quantitative estimate of drug-likeness (QED) is 0.750. The Balaban J connectivity index is 1.98. The van der Waals surface area contributed by atoms with Gasteiger partial charge in [0.15, 0.2) is 0 Å². The molecule has 1 N–H and O–H groups in total. The van der Waals surface area contributed by atoms with E-state index in [1.54, 1.807) is 18.4 Å². The minimum absolute atomic E-state index is 0.0311. The van der Waals surface area contributed by atoms with Gasteiger partial charge in [0.05, 0.1) is 6.04 Å². The minimum Gasteiger partial charge on any atom is -0.385 e. The molecule has 0 saturated carbocycles. The van der Waals surface area contributed by atoms with Crippen LogP contribution in [-0.4, -0.2) is 37.1 Å². The van der Waals surface area contributed by atoms with Crippen LogP contribution in [0.1, 0.15) is 48.5 Å². The molecule has 5 heteroatoms. The second-order valence-electron chi connectivity index (χ2n) is 5.56. The van der Waals surface area contributed by atoms with Gasteiger partial charge in [0, 0.05) is 30.0 Å². The van der Waals surface area contributed by atoms with Crippen LogP contribution in [-0.2, 0) is 9.53 Å². The minimum atomic E-state index is -0.0311. The third-order valence-corrected chi connectivity index (χ3v) is 4.99. The summed E-state index contributed by atoms with van der Waals surface area (Å²) in [5.41, 5.74) is 0. The topological polar surface area (TPSA) is 41.6 Å². The van der Waals surface area contributed by atoms with E-state index in [-0.39, 0.29) is 18.1 Å². The van der Waals surface area contributed by atoms with Gasteiger partial charge in [0.1, 0.15) is 6.17 Å². The lowest BCUT2D eigenvalue weighted by molar-refractivity contribution is -0.130. The van der Waals surface area contributed by atoms with E-state index in [0.29, 0.717) is 0 Å². The summed E-state index contributed by atoms with van der Waals surface area (Å²) in [5.74, 6) is 0.250. The number of ether oxygens (including phenoxy) is 1. The summed E-state index contributed by atoms with van der Waals surface area (Å²) in [5, 5.41) is 3.48. The van der Waals surface area contributed by atoms with Gasteiger partial charge in [-0.2, -0.15) is 0 Å². The van der Waals surface area contributed by atoms with Crippen molar-refractivity contribution >= 4 is 17.2 Å². The average Bonchev–Trinajstić information content (AvgIpc) is 3.03. The number of methoxy groups -OCH3 is 1. The normalized spacial score (nSPS) is 22.2. The van der Waals surface area contributed by atoms with Crippen LogP contribution in [0.3, 0.4) is 0 Å². The number of unbranched alkanes of at least 4 members (excludes halogenated alkanes) is 2. The molecule has 0 aromatic carbocycles. The van der Waals surface area contributed by atoms with Crippen LogP contribution in [0.15, 0.2) is 12.1 Å². The highest BCUT2D eigenvalue weighted by Gasteiger charge is 2.38. The molecule has 2 atom stereocenters. The van der Waals surface area contributed by atoms with Crippen molar-refractivity contribution in [3.05, 3.63) is 21.9 Å². The summed E-state index contributed by atoms with van der Waals surface area (Å²) in [6.07, 6.45) is 4.10. The van der Waals surface area contributed by atoms with Crippen molar-refractivity contribution in [2.24, 2.45) is 0 Å². The van der Waals surface area contributed by atoms with Crippen molar-refractivity contribution in [2.75, 3.05) is 20.3 Å². The van der Waals surface area contributed by atoms with E-state index < -0.39 is 0 Å². The molecular weight excluding hydrogens is 284 g/mol. The van der Waals surface area contributed by atoms with Crippen LogP contribution in [0.2, 0.25) is 0 Å². The SMILES string of the molecule is CCC1NC(c2ccc(C)s2)N(CCCCCOC)C1=O. The summed E-state index contributed by atoms with van der Waals surface area (Å²) in [4.78, 5) is 17.0. The molecular formula is C16H26N2O2S. The molecule has 2 unspecified atom stereocenters. The molecule has 1 aliphatic rings. The maximum absolute atomic E-state index is 12.5. The zero-order chi connectivity index (χ0) is 15.2. The summed E-state index contributed by atoms with van der Waals surface area (Å²) in [6, 6.07) is 4.24. The first-order chi connectivity index (χ1) is 10.2. The fourth-order valence-electron chi connectivity index (χ4n) is 2.75. The lowest BCUT2D eigenvalue weighted by Gasteiger charge is -2.23. The summed E-state index contributed by atoms with van der Waals surface area (Å²) < 4.78 is 5.07. The second kappa shape index (κ2) is 7.92. The first-order valence-electron chi connectivity index (χ1n) is 7.79. The van der Waals surface area contributed by atoms with Crippen LogP contribution >= 0.6 is 11.3 Å². The molecule has 21 heavy (non-hydrogen) atoms. The molecule has 1 aromatic rings. The molecule has 1 amide bonds. The number of hydrogen-bond donors (Lipinski definition) is 1. The van der Waals surface area contributed by atoms with Crippen molar-refractivity contribution in [3.8, 4) is 0 Å². The van der Waals surface area contributed by atoms with Gasteiger partial charge in [0.2, 0.25) is 5.91 Å². The molecule has 4 nitrogen and oxygen atoms in total. The van der Waals surface area contributed by atoms with Gasteiger partial charge in [-0.05, 0) is 44.7 Å². The van der Waals surface area contributed by atoms with Crippen molar-refractivity contribution in [1.82, 2.24) is 10.2 Å². The van der Waals surface area contributed by atoms with E-state index in [2.05, 4.69) is 31.3 Å². The molecule has 1 fully saturated rings. The number of nitrogens with zero attached hydrogens (tertiary/aromatic N) is 1. The monoisotopic (exact) mass is 310 g/mol. The highest BCUT2D eigenvalue weighted by atomic mass is 32.1. The molecule has 0 radical (unpaired) electrons. The Labute approximate surface area is 131 Å². The maximum Gasteiger partial charge on any atom is 0.241 e. The van der Waals surface area contributed by atoms with E-state index in [1.807, 2.05) is 4.90 Å². The number of thiophene rings is 1. The van der Waals surface area contributed by atoms with Crippen molar-refractivity contribution < 1.29 is 9.53 Å². The number of carbonyl (C=O) groups is 1. The Morgan fingerprint density at radius 3 is 2.76 bits per heavy atom. The lowest BCUT2D eigenvalue weighted by atomic mass is 10.2. The fraction of sp³-hybridized carbons (Fsp3) is 0.688. The van der Waals surface area contributed by atoms with Crippen LogP contribution in [0.4, 0.5) is 0 Å². The first-order valence-corrected chi connectivity index (χ1v) is 8.60. The number of amides is 1. The standard InChI is InChI=1S/C16H26N2O2S/c1-4-13-16(19)18(10-6-5-7-11-20-3)15(17-13)14-9-8-12(2)21-14/h8-9,13,15,17H,4-7,10-11H2,1-3H3. The first kappa shape index (κ1) is 16.5. The average molecular weight is 310 g/mol. The largest absolute Gasteiger partial charge is 0.385 e. The van der Waals surface area contributed by atoms with Gasteiger partial charge in [-0.15, -0.1) is 11.3 Å². The molecule has 0 spiro atoms. The highest BCUT2D eigenvalue weighted by Crippen LogP contribution is 2.31. The van der Waals surface area contributed by atoms with Crippen molar-refractivity contribution in [1.29, 1.82) is 0 Å². The predicted molar refractivity (Wildman–Crippen MR) is 86.5 cm³/mol. The Morgan fingerprint density at radius 2 is 2.14 bits per heavy atom. The van der Waals surface area contributed by atoms with Gasteiger partial charge in [0.25, 0.3) is 0 Å². The van der Waals surface area contributed by atoms with Gasteiger partial charge in [-0.25, -0.2) is 0 Å². The van der Waals surface area contributed by atoms with E-state index in [1.165, 1.54) is 9.75 Å². The van der Waals surface area contributed by atoms with E-state index >= 15 is 0 Å². The van der Waals surface area contributed by atoms with Crippen molar-refractivity contribution in [2.45, 2.75) is 51.7 Å². The number of nitrogens with one attached hydrogen (secondary N) is 1. The van der Waals surface area contributed by atoms with Gasteiger partial charge < -0.3 is 9.64 Å².